The molecule has 0 spiro atoms. The first-order valence-corrected chi connectivity index (χ1v) is 11.8. The molecule has 0 bridgehead atoms. The molecule has 1 aromatic carbocycles. The molecule has 0 amide bonds. The molecule has 5 nitrogen and oxygen atoms in total. The molecule has 5 rings (SSSR count). The second-order valence-corrected chi connectivity index (χ2v) is 9.30. The van der Waals surface area contributed by atoms with Gasteiger partial charge in [0.1, 0.15) is 5.75 Å². The van der Waals surface area contributed by atoms with Crippen molar-refractivity contribution >= 4 is 35.8 Å². The maximum atomic E-state index is 9.72. The lowest BCUT2D eigenvalue weighted by Gasteiger charge is -2.40. The maximum absolute atomic E-state index is 9.72. The van der Waals surface area contributed by atoms with Gasteiger partial charge in [0.05, 0.1) is 12.2 Å². The molecule has 1 fully saturated rings. The average Bonchev–Trinajstić information content (AvgIpc) is 2.98. The first kappa shape index (κ1) is 23.6. The molecule has 3 aliphatic rings. The van der Waals surface area contributed by atoms with Gasteiger partial charge in [0.15, 0.2) is 0 Å². The Balaban J connectivity index is 0.000000243. The van der Waals surface area contributed by atoms with Gasteiger partial charge in [-0.05, 0) is 92.1 Å². The zero-order chi connectivity index (χ0) is 23.2. The number of hydrogen-bond acceptors (Lipinski definition) is 5. The minimum absolute atomic E-state index is 0.231. The highest BCUT2D eigenvalue weighted by molar-refractivity contribution is 6.32. The van der Waals surface area contributed by atoms with Gasteiger partial charge >= 0.3 is 0 Å². The third-order valence-electron chi connectivity index (χ3n) is 6.42. The zero-order valence-electron chi connectivity index (χ0n) is 18.5. The highest BCUT2D eigenvalue weighted by Crippen LogP contribution is 2.43. The Bertz CT molecular complexity index is 1060. The molecule has 33 heavy (non-hydrogen) atoms. The van der Waals surface area contributed by atoms with E-state index in [9.17, 15) is 4.79 Å². The second-order valence-electron chi connectivity index (χ2n) is 8.46. The smallest absolute Gasteiger partial charge is 0.298 e. The first-order valence-electron chi connectivity index (χ1n) is 11.1. The van der Waals surface area contributed by atoms with Gasteiger partial charge in [0.2, 0.25) is 0 Å². The number of halogens is 2. The van der Waals surface area contributed by atoms with Crippen LogP contribution in [0.15, 0.2) is 71.7 Å². The molecule has 1 saturated heterocycles. The molecule has 2 unspecified atom stereocenters. The maximum Gasteiger partial charge on any atom is 0.298 e. The van der Waals surface area contributed by atoms with E-state index in [0.717, 1.165) is 23.1 Å². The number of pyridine rings is 1. The van der Waals surface area contributed by atoms with Crippen LogP contribution in [0, 0.1) is 5.92 Å². The summed E-state index contributed by atoms with van der Waals surface area (Å²) in [4.78, 5) is 15.9. The van der Waals surface area contributed by atoms with E-state index in [1.165, 1.54) is 35.7 Å². The van der Waals surface area contributed by atoms with Gasteiger partial charge in [0.25, 0.3) is 6.47 Å². The number of fused-ring (bicyclic) bond motifs is 2. The molecule has 0 saturated carbocycles. The number of dihydropyridines is 1. The molecule has 2 atom stereocenters. The van der Waals surface area contributed by atoms with Gasteiger partial charge in [-0.2, -0.15) is 0 Å². The van der Waals surface area contributed by atoms with E-state index in [1.54, 1.807) is 18.3 Å². The van der Waals surface area contributed by atoms with E-state index >= 15 is 0 Å². The van der Waals surface area contributed by atoms with E-state index in [0.29, 0.717) is 24.1 Å². The number of allylic oxidation sites excluding steroid dienone is 2. The number of benzene rings is 1. The molecular weight excluding hydrogens is 457 g/mol. The van der Waals surface area contributed by atoms with Crippen LogP contribution in [0.4, 0.5) is 0 Å². The molecular formula is C26H27Cl2N3O2. The summed E-state index contributed by atoms with van der Waals surface area (Å²) in [6.45, 7) is 2.69. The highest BCUT2D eigenvalue weighted by Gasteiger charge is 2.37. The fraction of sp³-hybridized carbons (Fsp3) is 0.308. The van der Waals surface area contributed by atoms with Gasteiger partial charge < -0.3 is 15.0 Å². The lowest BCUT2D eigenvalue weighted by Crippen LogP contribution is -2.42. The predicted molar refractivity (Wildman–Crippen MR) is 133 cm³/mol. The van der Waals surface area contributed by atoms with Crippen LogP contribution >= 0.6 is 23.2 Å². The molecule has 1 aromatic heterocycles. The Morgan fingerprint density at radius 2 is 1.97 bits per heavy atom. The van der Waals surface area contributed by atoms with Crippen molar-refractivity contribution in [2.45, 2.75) is 24.8 Å². The van der Waals surface area contributed by atoms with Crippen molar-refractivity contribution < 1.29 is 9.53 Å². The number of rotatable bonds is 3. The fourth-order valence-corrected chi connectivity index (χ4v) is 5.20. The first-order chi connectivity index (χ1) is 16.1. The van der Waals surface area contributed by atoms with E-state index in [-0.39, 0.29) is 6.04 Å². The monoisotopic (exact) mass is 483 g/mol. The number of carbonyl (C=O) groups excluding carboxylic acids is 1. The minimum atomic E-state index is 0.231. The minimum Gasteiger partial charge on any atom is -0.427 e. The lowest BCUT2D eigenvalue weighted by atomic mass is 9.73. The van der Waals surface area contributed by atoms with Gasteiger partial charge in [-0.3, -0.25) is 9.78 Å². The van der Waals surface area contributed by atoms with Crippen LogP contribution in [0.5, 0.6) is 5.75 Å². The van der Waals surface area contributed by atoms with Gasteiger partial charge in [-0.25, -0.2) is 0 Å². The third-order valence-corrected chi connectivity index (χ3v) is 6.99. The largest absolute Gasteiger partial charge is 0.427 e. The van der Waals surface area contributed by atoms with E-state index in [1.807, 2.05) is 18.3 Å². The summed E-state index contributed by atoms with van der Waals surface area (Å²) in [5.74, 6) is 1.52. The van der Waals surface area contributed by atoms with Crippen LogP contribution in [0.2, 0.25) is 5.02 Å². The van der Waals surface area contributed by atoms with Crippen molar-refractivity contribution in [3.63, 3.8) is 0 Å². The molecule has 172 valence electrons. The van der Waals surface area contributed by atoms with Crippen LogP contribution in [0.1, 0.15) is 29.9 Å². The summed E-state index contributed by atoms with van der Waals surface area (Å²) >= 11 is 12.8. The zero-order valence-corrected chi connectivity index (χ0v) is 20.0. The average molecular weight is 484 g/mol. The topological polar surface area (TPSA) is 54.5 Å². The summed E-state index contributed by atoms with van der Waals surface area (Å²) in [5.41, 5.74) is 3.80. The molecule has 3 heterocycles. The molecule has 7 heteroatoms. The van der Waals surface area contributed by atoms with Crippen LogP contribution < -0.4 is 10.1 Å². The quantitative estimate of drug-likeness (QED) is 0.593. The summed E-state index contributed by atoms with van der Waals surface area (Å²) in [5, 5.41) is 5.21. The molecule has 1 N–H and O–H groups in total. The van der Waals surface area contributed by atoms with Crippen molar-refractivity contribution in [1.82, 2.24) is 15.2 Å². The van der Waals surface area contributed by atoms with Crippen molar-refractivity contribution in [3.05, 3.63) is 87.8 Å². The van der Waals surface area contributed by atoms with Crippen molar-refractivity contribution in [3.8, 4) is 5.75 Å². The van der Waals surface area contributed by atoms with Crippen LogP contribution in [0.25, 0.3) is 6.08 Å². The Morgan fingerprint density at radius 3 is 2.70 bits per heavy atom. The van der Waals surface area contributed by atoms with Gasteiger partial charge in [0, 0.05) is 22.2 Å². The predicted octanol–water partition coefficient (Wildman–Crippen LogP) is 5.39. The van der Waals surface area contributed by atoms with E-state index < -0.39 is 0 Å². The number of carbonyl (C=O) groups is 1. The van der Waals surface area contributed by atoms with Crippen LogP contribution in [-0.2, 0) is 4.79 Å². The normalized spacial score (nSPS) is 22.3. The standard InChI is InChI=1S/C20H22Cl2N2.C6H5NO2/c1-24-10-7-13(8-11-24)19-16-5-3-15(21)12-14(16)2-4-17-18(22)6-9-23-20(17)19;8-5-9-6-2-1-3-7-4-6/h2-6,9,12-13,19-20,23H,7-8,10-11H2,1H3;1-5H. The Kier molecular flexibility index (Phi) is 7.86. The molecule has 1 aliphatic carbocycles. The van der Waals surface area contributed by atoms with E-state index in [2.05, 4.69) is 51.3 Å². The Labute approximate surface area is 204 Å². The number of nitrogens with one attached hydrogen (secondary N) is 1. The number of piperidine rings is 1. The number of nitrogens with zero attached hydrogens (tertiary/aromatic N) is 2. The summed E-state index contributed by atoms with van der Waals surface area (Å²) < 4.78 is 4.46. The Hall–Kier alpha value is -2.60. The Morgan fingerprint density at radius 1 is 1.15 bits per heavy atom. The van der Waals surface area contributed by atoms with Crippen molar-refractivity contribution in [2.75, 3.05) is 20.1 Å². The lowest BCUT2D eigenvalue weighted by molar-refractivity contribution is -0.120. The number of aromatic nitrogens is 1. The van der Waals surface area contributed by atoms with Gasteiger partial charge in [-0.15, -0.1) is 0 Å². The molecule has 0 radical (unpaired) electrons. The number of hydrogen-bond donors (Lipinski definition) is 1. The number of ether oxygens (including phenoxy) is 1. The summed E-state index contributed by atoms with van der Waals surface area (Å²) in [6, 6.07) is 9.89. The molecule has 2 aliphatic heterocycles. The SMILES string of the molecule is CN1CCC(C2c3ccc(Cl)cc3C=CC3=C(Cl)C=CNC32)CC1.O=COc1cccnc1. The number of likely N-dealkylation sites (tertiary alicyclic amines) is 1. The highest BCUT2D eigenvalue weighted by atomic mass is 35.5. The van der Waals surface area contributed by atoms with Crippen molar-refractivity contribution in [1.29, 1.82) is 0 Å². The van der Waals surface area contributed by atoms with Crippen LogP contribution in [-0.4, -0.2) is 42.5 Å². The summed E-state index contributed by atoms with van der Waals surface area (Å²) in [7, 11) is 2.21. The summed E-state index contributed by atoms with van der Waals surface area (Å²) in [6.07, 6.45) is 13.8. The van der Waals surface area contributed by atoms with Crippen molar-refractivity contribution in [2.24, 2.45) is 5.92 Å². The van der Waals surface area contributed by atoms with Crippen LogP contribution in [0.3, 0.4) is 0 Å². The van der Waals surface area contributed by atoms with E-state index in [4.69, 9.17) is 23.2 Å². The second kappa shape index (κ2) is 11.0. The van der Waals surface area contributed by atoms with Gasteiger partial charge in [-0.1, -0.05) is 41.4 Å². The fourth-order valence-electron chi connectivity index (χ4n) is 4.78. The third kappa shape index (κ3) is 5.67. The molecule has 2 aromatic rings.